The maximum atomic E-state index is 12.3. The number of nitrogens with two attached hydrogens (primary N) is 1. The van der Waals surface area contributed by atoms with Gasteiger partial charge in [-0.1, -0.05) is 0 Å². The number of pyridine rings is 1. The van der Waals surface area contributed by atoms with E-state index in [1.54, 1.807) is 12.4 Å². The van der Waals surface area contributed by atoms with Gasteiger partial charge in [-0.25, -0.2) is 0 Å². The molecule has 2 heterocycles. The highest BCUT2D eigenvalue weighted by atomic mass is 32.1. The fourth-order valence-electron chi connectivity index (χ4n) is 1.95. The Morgan fingerprint density at radius 1 is 1.30 bits per heavy atom. The lowest BCUT2D eigenvalue weighted by atomic mass is 10.2. The molecule has 0 unspecified atom stereocenters. The summed E-state index contributed by atoms with van der Waals surface area (Å²) in [5.41, 5.74) is 8.16. The molecule has 0 saturated heterocycles. The van der Waals surface area contributed by atoms with Crippen molar-refractivity contribution in [3.05, 3.63) is 53.2 Å². The molecule has 0 fully saturated rings. The monoisotopic (exact) mass is 283 g/mol. The highest BCUT2D eigenvalue weighted by Gasteiger charge is 2.11. The van der Waals surface area contributed by atoms with E-state index in [9.17, 15) is 4.79 Å². The normalized spacial score (nSPS) is 10.7. The average molecular weight is 283 g/mol. The number of aryl methyl sites for hydroxylation is 1. The highest BCUT2D eigenvalue weighted by Crippen LogP contribution is 2.28. The summed E-state index contributed by atoms with van der Waals surface area (Å²) in [4.78, 5) is 16.9. The fraction of sp³-hybridized carbons (Fsp3) is 0.0667. The Morgan fingerprint density at radius 3 is 2.95 bits per heavy atom. The minimum Gasteiger partial charge on any atom is -0.399 e. The van der Waals surface area contributed by atoms with Gasteiger partial charge in [0.2, 0.25) is 0 Å². The Hall–Kier alpha value is -2.40. The lowest BCUT2D eigenvalue weighted by molar-refractivity contribution is 0.103. The van der Waals surface area contributed by atoms with Crippen LogP contribution >= 0.6 is 11.3 Å². The zero-order valence-corrected chi connectivity index (χ0v) is 11.7. The number of carbonyl (C=O) groups excluding carboxylic acids is 1. The second-order valence-electron chi connectivity index (χ2n) is 4.55. The van der Waals surface area contributed by atoms with Crippen molar-refractivity contribution in [3.8, 4) is 0 Å². The van der Waals surface area contributed by atoms with E-state index >= 15 is 0 Å². The Balaban J connectivity index is 1.91. The van der Waals surface area contributed by atoms with Gasteiger partial charge in [0, 0.05) is 16.6 Å². The summed E-state index contributed by atoms with van der Waals surface area (Å²) in [5, 5.41) is 3.87. The van der Waals surface area contributed by atoms with Gasteiger partial charge in [0.05, 0.1) is 16.8 Å². The van der Waals surface area contributed by atoms with Crippen molar-refractivity contribution in [2.24, 2.45) is 0 Å². The topological polar surface area (TPSA) is 68.0 Å². The molecule has 100 valence electrons. The summed E-state index contributed by atoms with van der Waals surface area (Å²) in [5.74, 6) is -0.124. The van der Waals surface area contributed by atoms with E-state index in [0.29, 0.717) is 10.6 Å². The number of anilines is 2. The average Bonchev–Trinajstić information content (AvgIpc) is 2.84. The highest BCUT2D eigenvalue weighted by molar-refractivity contribution is 7.20. The van der Waals surface area contributed by atoms with E-state index in [4.69, 9.17) is 5.73 Å². The minimum absolute atomic E-state index is 0.124. The number of hydrogen-bond acceptors (Lipinski definition) is 4. The van der Waals surface area contributed by atoms with Crippen molar-refractivity contribution in [3.63, 3.8) is 0 Å². The number of nitrogen functional groups attached to an aromatic ring is 1. The zero-order valence-electron chi connectivity index (χ0n) is 10.9. The van der Waals surface area contributed by atoms with Gasteiger partial charge in [-0.2, -0.15) is 0 Å². The number of thiophene rings is 1. The van der Waals surface area contributed by atoms with Gasteiger partial charge in [-0.3, -0.25) is 9.78 Å². The van der Waals surface area contributed by atoms with Crippen LogP contribution in [-0.2, 0) is 0 Å². The molecule has 0 saturated carbocycles. The molecule has 3 N–H and O–H groups in total. The molecule has 0 aliphatic heterocycles. The van der Waals surface area contributed by atoms with Crippen LogP contribution in [0.1, 0.15) is 15.2 Å². The van der Waals surface area contributed by atoms with Crippen molar-refractivity contribution in [1.82, 2.24) is 4.98 Å². The summed E-state index contributed by atoms with van der Waals surface area (Å²) in [6.07, 6.45) is 3.35. The molecule has 1 aromatic carbocycles. The first-order chi connectivity index (χ1) is 9.63. The van der Waals surface area contributed by atoms with Crippen LogP contribution in [-0.4, -0.2) is 10.9 Å². The van der Waals surface area contributed by atoms with Crippen LogP contribution in [0.25, 0.3) is 10.1 Å². The van der Waals surface area contributed by atoms with Gasteiger partial charge < -0.3 is 11.1 Å². The summed E-state index contributed by atoms with van der Waals surface area (Å²) in [6.45, 7) is 1.93. The number of hydrogen-bond donors (Lipinski definition) is 2. The molecule has 0 atom stereocenters. The second-order valence-corrected chi connectivity index (χ2v) is 5.64. The second kappa shape index (κ2) is 4.94. The number of benzene rings is 1. The predicted molar refractivity (Wildman–Crippen MR) is 83.2 cm³/mol. The standard InChI is InChI=1S/C15H13N3OS/c1-9-4-5-17-8-12(9)18-15(19)14-7-10-6-11(16)2-3-13(10)20-14/h2-8H,16H2,1H3,(H,18,19). The van der Waals surface area contributed by atoms with Crippen LogP contribution in [0.2, 0.25) is 0 Å². The third-order valence-electron chi connectivity index (χ3n) is 3.05. The van der Waals surface area contributed by atoms with Crippen LogP contribution < -0.4 is 11.1 Å². The third-order valence-corrected chi connectivity index (χ3v) is 4.17. The van der Waals surface area contributed by atoms with Gasteiger partial charge in [0.1, 0.15) is 0 Å². The lowest BCUT2D eigenvalue weighted by Gasteiger charge is -2.05. The van der Waals surface area contributed by atoms with Crippen LogP contribution in [0.5, 0.6) is 0 Å². The van der Waals surface area contributed by atoms with Crippen LogP contribution in [0.3, 0.4) is 0 Å². The quantitative estimate of drug-likeness (QED) is 0.708. The van der Waals surface area contributed by atoms with Crippen molar-refractivity contribution < 1.29 is 4.79 Å². The van der Waals surface area contributed by atoms with Crippen LogP contribution in [0, 0.1) is 6.92 Å². The molecule has 20 heavy (non-hydrogen) atoms. The molecule has 0 radical (unpaired) electrons. The number of aromatic nitrogens is 1. The predicted octanol–water partition coefficient (Wildman–Crippen LogP) is 3.44. The Morgan fingerprint density at radius 2 is 2.15 bits per heavy atom. The van der Waals surface area contributed by atoms with Gasteiger partial charge in [0.25, 0.3) is 5.91 Å². The van der Waals surface area contributed by atoms with Crippen molar-refractivity contribution >= 4 is 38.7 Å². The SMILES string of the molecule is Cc1ccncc1NC(=O)c1cc2cc(N)ccc2s1. The molecule has 4 nitrogen and oxygen atoms in total. The Bertz CT molecular complexity index is 795. The number of carbonyl (C=O) groups is 1. The number of fused-ring (bicyclic) bond motifs is 1. The number of nitrogens with zero attached hydrogens (tertiary/aromatic N) is 1. The summed E-state index contributed by atoms with van der Waals surface area (Å²) < 4.78 is 1.05. The number of nitrogens with one attached hydrogen (secondary N) is 1. The molecule has 3 rings (SSSR count). The number of rotatable bonds is 2. The zero-order chi connectivity index (χ0) is 14.1. The van der Waals surface area contributed by atoms with E-state index < -0.39 is 0 Å². The van der Waals surface area contributed by atoms with E-state index in [1.807, 2.05) is 37.3 Å². The van der Waals surface area contributed by atoms with Crippen molar-refractivity contribution in [2.45, 2.75) is 6.92 Å². The van der Waals surface area contributed by atoms with E-state index in [-0.39, 0.29) is 5.91 Å². The maximum Gasteiger partial charge on any atom is 0.265 e. The summed E-state index contributed by atoms with van der Waals surface area (Å²) in [6, 6.07) is 9.36. The molecule has 0 spiro atoms. The van der Waals surface area contributed by atoms with Crippen molar-refractivity contribution in [1.29, 1.82) is 0 Å². The summed E-state index contributed by atoms with van der Waals surface area (Å²) in [7, 11) is 0. The summed E-state index contributed by atoms with van der Waals surface area (Å²) >= 11 is 1.45. The first-order valence-electron chi connectivity index (χ1n) is 6.14. The molecule has 1 amide bonds. The third kappa shape index (κ3) is 2.35. The van der Waals surface area contributed by atoms with Gasteiger partial charge >= 0.3 is 0 Å². The smallest absolute Gasteiger partial charge is 0.265 e. The van der Waals surface area contributed by atoms with E-state index in [0.717, 1.165) is 21.3 Å². The van der Waals surface area contributed by atoms with Gasteiger partial charge in [-0.05, 0) is 48.2 Å². The Kier molecular flexibility index (Phi) is 3.12. The molecular formula is C15H13N3OS. The van der Waals surface area contributed by atoms with Crippen molar-refractivity contribution in [2.75, 3.05) is 11.1 Å². The largest absolute Gasteiger partial charge is 0.399 e. The van der Waals surface area contributed by atoms with Crippen LogP contribution in [0.4, 0.5) is 11.4 Å². The first kappa shape index (κ1) is 12.6. The maximum absolute atomic E-state index is 12.3. The van der Waals surface area contributed by atoms with Gasteiger partial charge in [0.15, 0.2) is 0 Å². The lowest BCUT2D eigenvalue weighted by Crippen LogP contribution is -2.11. The molecule has 5 heteroatoms. The molecular weight excluding hydrogens is 270 g/mol. The minimum atomic E-state index is -0.124. The van der Waals surface area contributed by atoms with E-state index in [1.165, 1.54) is 11.3 Å². The molecule has 3 aromatic rings. The number of amides is 1. The molecule has 0 aliphatic carbocycles. The van der Waals surface area contributed by atoms with Crippen LogP contribution in [0.15, 0.2) is 42.7 Å². The molecule has 0 aliphatic rings. The molecule has 2 aromatic heterocycles. The van der Waals surface area contributed by atoms with Gasteiger partial charge in [-0.15, -0.1) is 11.3 Å². The van der Waals surface area contributed by atoms with E-state index in [2.05, 4.69) is 10.3 Å². The Labute approximate surface area is 120 Å². The fourth-order valence-corrected chi connectivity index (χ4v) is 2.89. The molecule has 0 bridgehead atoms. The first-order valence-corrected chi connectivity index (χ1v) is 6.96.